The maximum atomic E-state index is 8.56. The lowest BCUT2D eigenvalue weighted by atomic mass is 10.1. The summed E-state index contributed by atoms with van der Waals surface area (Å²) in [5.41, 5.74) is 3.55. The standard InChI is InChI=1S/C10H15NO/c1-9(11-12)7-8-10-5-3-2-4-6-10/h2-6,9,11-12H,7-8H2,1H3. The third kappa shape index (κ3) is 3.03. The monoisotopic (exact) mass is 165 g/mol. The molecular formula is C10H15NO. The zero-order valence-electron chi connectivity index (χ0n) is 7.33. The van der Waals surface area contributed by atoms with Crippen LogP contribution in [-0.2, 0) is 6.42 Å². The molecule has 0 aliphatic carbocycles. The fourth-order valence-corrected chi connectivity index (χ4v) is 1.09. The van der Waals surface area contributed by atoms with E-state index >= 15 is 0 Å². The van der Waals surface area contributed by atoms with Gasteiger partial charge >= 0.3 is 0 Å². The van der Waals surface area contributed by atoms with Gasteiger partial charge in [0.1, 0.15) is 0 Å². The Kier molecular flexibility index (Phi) is 3.77. The van der Waals surface area contributed by atoms with Gasteiger partial charge in [-0.2, -0.15) is 0 Å². The average Bonchev–Trinajstić information content (AvgIpc) is 2.16. The van der Waals surface area contributed by atoms with E-state index in [1.807, 2.05) is 25.1 Å². The zero-order valence-corrected chi connectivity index (χ0v) is 7.33. The summed E-state index contributed by atoms with van der Waals surface area (Å²) in [7, 11) is 0. The van der Waals surface area contributed by atoms with E-state index in [2.05, 4.69) is 17.6 Å². The minimum absolute atomic E-state index is 0.171. The van der Waals surface area contributed by atoms with Crippen molar-refractivity contribution in [1.82, 2.24) is 5.48 Å². The van der Waals surface area contributed by atoms with Crippen molar-refractivity contribution < 1.29 is 5.21 Å². The highest BCUT2D eigenvalue weighted by Crippen LogP contribution is 2.03. The lowest BCUT2D eigenvalue weighted by Gasteiger charge is -2.07. The zero-order chi connectivity index (χ0) is 8.81. The molecule has 0 aliphatic heterocycles. The Bertz CT molecular complexity index is 210. The quantitative estimate of drug-likeness (QED) is 0.669. The molecule has 1 rings (SSSR count). The van der Waals surface area contributed by atoms with Gasteiger partial charge in [-0.05, 0) is 25.3 Å². The number of benzene rings is 1. The van der Waals surface area contributed by atoms with Gasteiger partial charge in [0.15, 0.2) is 0 Å². The van der Waals surface area contributed by atoms with Gasteiger partial charge in [0.25, 0.3) is 0 Å². The van der Waals surface area contributed by atoms with E-state index in [0.717, 1.165) is 12.8 Å². The first-order chi connectivity index (χ1) is 5.83. The van der Waals surface area contributed by atoms with Crippen LogP contribution in [0.25, 0.3) is 0 Å². The van der Waals surface area contributed by atoms with Crippen LogP contribution in [0, 0.1) is 0 Å². The van der Waals surface area contributed by atoms with Crippen LogP contribution < -0.4 is 5.48 Å². The van der Waals surface area contributed by atoms with E-state index < -0.39 is 0 Å². The van der Waals surface area contributed by atoms with Crippen molar-refractivity contribution in [3.8, 4) is 0 Å². The predicted molar refractivity (Wildman–Crippen MR) is 49.1 cm³/mol. The van der Waals surface area contributed by atoms with Gasteiger partial charge in [0.2, 0.25) is 0 Å². The average molecular weight is 165 g/mol. The van der Waals surface area contributed by atoms with Crippen LogP contribution in [0.2, 0.25) is 0 Å². The van der Waals surface area contributed by atoms with Crippen LogP contribution >= 0.6 is 0 Å². The van der Waals surface area contributed by atoms with Crippen molar-refractivity contribution in [2.75, 3.05) is 0 Å². The van der Waals surface area contributed by atoms with E-state index in [-0.39, 0.29) is 6.04 Å². The largest absolute Gasteiger partial charge is 0.317 e. The topological polar surface area (TPSA) is 32.3 Å². The van der Waals surface area contributed by atoms with Crippen LogP contribution in [-0.4, -0.2) is 11.2 Å². The lowest BCUT2D eigenvalue weighted by Crippen LogP contribution is -2.22. The molecule has 2 N–H and O–H groups in total. The lowest BCUT2D eigenvalue weighted by molar-refractivity contribution is 0.129. The molecule has 2 heteroatoms. The number of hydroxylamine groups is 1. The maximum absolute atomic E-state index is 8.56. The van der Waals surface area contributed by atoms with Gasteiger partial charge in [-0.15, -0.1) is 0 Å². The summed E-state index contributed by atoms with van der Waals surface area (Å²) in [5.74, 6) is 0. The highest BCUT2D eigenvalue weighted by atomic mass is 16.5. The molecule has 1 aromatic carbocycles. The van der Waals surface area contributed by atoms with Crippen molar-refractivity contribution in [3.05, 3.63) is 35.9 Å². The number of hydrogen-bond donors (Lipinski definition) is 2. The van der Waals surface area contributed by atoms with Crippen LogP contribution in [0.1, 0.15) is 18.9 Å². The Labute approximate surface area is 73.2 Å². The Morgan fingerprint density at radius 1 is 1.33 bits per heavy atom. The maximum Gasteiger partial charge on any atom is 0.0294 e. The van der Waals surface area contributed by atoms with Gasteiger partial charge in [-0.1, -0.05) is 30.3 Å². The van der Waals surface area contributed by atoms with E-state index in [1.165, 1.54) is 5.56 Å². The number of rotatable bonds is 4. The van der Waals surface area contributed by atoms with Crippen molar-refractivity contribution in [3.63, 3.8) is 0 Å². The molecule has 0 saturated carbocycles. The molecule has 0 spiro atoms. The highest BCUT2D eigenvalue weighted by molar-refractivity contribution is 5.14. The van der Waals surface area contributed by atoms with Crippen LogP contribution in [0.4, 0.5) is 0 Å². The van der Waals surface area contributed by atoms with E-state index in [1.54, 1.807) is 0 Å². The fraction of sp³-hybridized carbons (Fsp3) is 0.400. The highest BCUT2D eigenvalue weighted by Gasteiger charge is 1.98. The van der Waals surface area contributed by atoms with Crippen LogP contribution in [0.15, 0.2) is 30.3 Å². The SMILES string of the molecule is CC(CCc1ccccc1)NO. The summed E-state index contributed by atoms with van der Waals surface area (Å²) in [6, 6.07) is 10.5. The number of aryl methyl sites for hydroxylation is 1. The first-order valence-electron chi connectivity index (χ1n) is 4.26. The molecule has 0 amide bonds. The van der Waals surface area contributed by atoms with E-state index in [9.17, 15) is 0 Å². The Balaban J connectivity index is 2.33. The van der Waals surface area contributed by atoms with Gasteiger partial charge in [0, 0.05) is 6.04 Å². The molecule has 0 heterocycles. The fourth-order valence-electron chi connectivity index (χ4n) is 1.09. The molecule has 66 valence electrons. The summed E-state index contributed by atoms with van der Waals surface area (Å²) in [6.07, 6.45) is 1.97. The molecule has 0 fully saturated rings. The minimum Gasteiger partial charge on any atom is -0.317 e. The van der Waals surface area contributed by atoms with Gasteiger partial charge in [0.05, 0.1) is 0 Å². The second-order valence-corrected chi connectivity index (χ2v) is 3.05. The molecule has 1 unspecified atom stereocenters. The Hall–Kier alpha value is -0.860. The summed E-state index contributed by atoms with van der Waals surface area (Å²) >= 11 is 0. The second kappa shape index (κ2) is 4.91. The van der Waals surface area contributed by atoms with Crippen molar-refractivity contribution in [2.24, 2.45) is 0 Å². The summed E-state index contributed by atoms with van der Waals surface area (Å²) in [6.45, 7) is 1.96. The first kappa shape index (κ1) is 9.23. The molecule has 1 aromatic rings. The molecule has 0 aromatic heterocycles. The smallest absolute Gasteiger partial charge is 0.0294 e. The van der Waals surface area contributed by atoms with Crippen molar-refractivity contribution in [1.29, 1.82) is 0 Å². The summed E-state index contributed by atoms with van der Waals surface area (Å²) in [5, 5.41) is 8.56. The third-order valence-corrected chi connectivity index (χ3v) is 1.93. The Morgan fingerprint density at radius 3 is 2.58 bits per heavy atom. The van der Waals surface area contributed by atoms with Gasteiger partial charge in [-0.3, -0.25) is 0 Å². The molecule has 0 radical (unpaired) electrons. The number of nitrogens with one attached hydrogen (secondary N) is 1. The predicted octanol–water partition coefficient (Wildman–Crippen LogP) is 1.99. The molecule has 2 nitrogen and oxygen atoms in total. The third-order valence-electron chi connectivity index (χ3n) is 1.93. The van der Waals surface area contributed by atoms with E-state index in [0.29, 0.717) is 0 Å². The second-order valence-electron chi connectivity index (χ2n) is 3.05. The van der Waals surface area contributed by atoms with Gasteiger partial charge < -0.3 is 5.21 Å². The first-order valence-corrected chi connectivity index (χ1v) is 4.26. The molecular weight excluding hydrogens is 150 g/mol. The molecule has 0 saturated heterocycles. The summed E-state index contributed by atoms with van der Waals surface area (Å²) < 4.78 is 0. The Morgan fingerprint density at radius 2 is 2.00 bits per heavy atom. The summed E-state index contributed by atoms with van der Waals surface area (Å²) in [4.78, 5) is 0. The van der Waals surface area contributed by atoms with E-state index in [4.69, 9.17) is 5.21 Å². The normalized spacial score (nSPS) is 12.8. The number of hydrogen-bond acceptors (Lipinski definition) is 2. The molecule has 1 atom stereocenters. The van der Waals surface area contributed by atoms with Crippen LogP contribution in [0.3, 0.4) is 0 Å². The van der Waals surface area contributed by atoms with Crippen molar-refractivity contribution in [2.45, 2.75) is 25.8 Å². The van der Waals surface area contributed by atoms with Crippen molar-refractivity contribution >= 4 is 0 Å². The molecule has 12 heavy (non-hydrogen) atoms. The van der Waals surface area contributed by atoms with Crippen LogP contribution in [0.5, 0.6) is 0 Å². The minimum atomic E-state index is 0.171. The van der Waals surface area contributed by atoms with Gasteiger partial charge in [-0.25, -0.2) is 5.48 Å². The molecule has 0 aliphatic rings. The molecule has 0 bridgehead atoms.